The highest BCUT2D eigenvalue weighted by atomic mass is 15.2. The zero-order chi connectivity index (χ0) is 13.2. The largest absolute Gasteiger partial charge is 0.383 e. The number of nitrogens with one attached hydrogen (secondary N) is 2. The third-order valence-corrected chi connectivity index (χ3v) is 3.51. The number of rotatable bonds is 5. The topological polar surface area (TPSA) is 53.6 Å². The van der Waals surface area contributed by atoms with Crippen LogP contribution in [0.1, 0.15) is 32.0 Å². The van der Waals surface area contributed by atoms with E-state index in [0.29, 0.717) is 6.04 Å². The Balaban J connectivity index is 1.71. The third kappa shape index (κ3) is 3.13. The molecule has 4 nitrogen and oxygen atoms in total. The molecular formula is C15H20N4. The molecule has 0 amide bonds. The van der Waals surface area contributed by atoms with E-state index >= 15 is 0 Å². The average Bonchev–Trinajstić information content (AvgIpc) is 3.08. The minimum atomic E-state index is 0.525. The molecule has 4 heteroatoms. The quantitative estimate of drug-likeness (QED) is 0.862. The summed E-state index contributed by atoms with van der Waals surface area (Å²) >= 11 is 0. The first-order chi connectivity index (χ1) is 9.20. The maximum absolute atomic E-state index is 4.37. The van der Waals surface area contributed by atoms with Gasteiger partial charge in [-0.25, -0.2) is 4.98 Å². The molecule has 0 spiro atoms. The summed E-state index contributed by atoms with van der Waals surface area (Å²) in [5.41, 5.74) is 2.20. The lowest BCUT2D eigenvalue weighted by Gasteiger charge is -2.15. The lowest BCUT2D eigenvalue weighted by molar-refractivity contribution is 0.642. The number of hydrogen-bond acceptors (Lipinski definition) is 3. The molecule has 2 N–H and O–H groups in total. The van der Waals surface area contributed by atoms with E-state index in [1.807, 2.05) is 19.1 Å². The summed E-state index contributed by atoms with van der Waals surface area (Å²) in [7, 11) is 0. The van der Waals surface area contributed by atoms with Crippen molar-refractivity contribution in [1.29, 1.82) is 0 Å². The number of aromatic amines is 1. The maximum Gasteiger partial charge on any atom is 0.181 e. The van der Waals surface area contributed by atoms with Crippen molar-refractivity contribution in [1.82, 2.24) is 15.2 Å². The Morgan fingerprint density at radius 3 is 2.95 bits per heavy atom. The molecule has 19 heavy (non-hydrogen) atoms. The van der Waals surface area contributed by atoms with Crippen LogP contribution in [0.3, 0.4) is 0 Å². The van der Waals surface area contributed by atoms with Crippen molar-refractivity contribution < 1.29 is 0 Å². The highest BCUT2D eigenvalue weighted by Gasteiger charge is 2.23. The lowest BCUT2D eigenvalue weighted by atomic mass is 10.1. The Bertz CT molecular complexity index is 557. The number of anilines is 1. The highest BCUT2D eigenvalue weighted by Crippen LogP contribution is 2.34. The monoisotopic (exact) mass is 256 g/mol. The number of H-pyrrole nitrogens is 1. The van der Waals surface area contributed by atoms with Crippen LogP contribution >= 0.6 is 0 Å². The first-order valence-corrected chi connectivity index (χ1v) is 6.96. The van der Waals surface area contributed by atoms with E-state index in [0.717, 1.165) is 28.8 Å². The van der Waals surface area contributed by atoms with Gasteiger partial charge in [-0.2, -0.15) is 5.10 Å². The van der Waals surface area contributed by atoms with Crippen LogP contribution in [0.2, 0.25) is 0 Å². The van der Waals surface area contributed by atoms with Gasteiger partial charge in [-0.05, 0) is 38.3 Å². The van der Waals surface area contributed by atoms with E-state index < -0.39 is 0 Å². The first-order valence-electron chi connectivity index (χ1n) is 6.96. The van der Waals surface area contributed by atoms with Gasteiger partial charge in [0, 0.05) is 17.3 Å². The molecule has 1 saturated carbocycles. The Labute approximate surface area is 113 Å². The summed E-state index contributed by atoms with van der Waals surface area (Å²) in [5.74, 6) is 2.55. The van der Waals surface area contributed by atoms with Gasteiger partial charge in [0.05, 0.1) is 0 Å². The summed E-state index contributed by atoms with van der Waals surface area (Å²) in [6.45, 7) is 4.16. The number of aromatic nitrogens is 3. The second-order valence-corrected chi connectivity index (χ2v) is 5.55. The highest BCUT2D eigenvalue weighted by molar-refractivity contribution is 5.62. The molecule has 1 aromatic heterocycles. The SMILES string of the molecule is Cc1nc(-c2cccc(NC(C)CC3CC3)c2)n[nH]1. The van der Waals surface area contributed by atoms with Crippen LogP contribution in [0.4, 0.5) is 5.69 Å². The normalized spacial score (nSPS) is 16.3. The van der Waals surface area contributed by atoms with E-state index in [4.69, 9.17) is 0 Å². The van der Waals surface area contributed by atoms with E-state index in [-0.39, 0.29) is 0 Å². The van der Waals surface area contributed by atoms with Gasteiger partial charge in [0.25, 0.3) is 0 Å². The number of aryl methyl sites for hydroxylation is 1. The Morgan fingerprint density at radius 1 is 1.42 bits per heavy atom. The van der Waals surface area contributed by atoms with Crippen LogP contribution < -0.4 is 5.32 Å². The van der Waals surface area contributed by atoms with Crippen molar-refractivity contribution in [3.8, 4) is 11.4 Å². The van der Waals surface area contributed by atoms with Crippen molar-refractivity contribution in [3.05, 3.63) is 30.1 Å². The van der Waals surface area contributed by atoms with Gasteiger partial charge in [0.2, 0.25) is 0 Å². The van der Waals surface area contributed by atoms with Gasteiger partial charge in [-0.15, -0.1) is 0 Å². The summed E-state index contributed by atoms with van der Waals surface area (Å²) in [6.07, 6.45) is 4.08. The lowest BCUT2D eigenvalue weighted by Crippen LogP contribution is -2.15. The minimum absolute atomic E-state index is 0.525. The Kier molecular flexibility index (Phi) is 3.23. The Hall–Kier alpha value is -1.84. The van der Waals surface area contributed by atoms with Crippen LogP contribution in [-0.2, 0) is 0 Å². The predicted octanol–water partition coefficient (Wildman–Crippen LogP) is 3.38. The first kappa shape index (κ1) is 12.2. The van der Waals surface area contributed by atoms with Gasteiger partial charge < -0.3 is 5.32 Å². The van der Waals surface area contributed by atoms with E-state index in [1.165, 1.54) is 19.3 Å². The summed E-state index contributed by atoms with van der Waals surface area (Å²) in [6, 6.07) is 8.84. The molecule has 1 fully saturated rings. The zero-order valence-electron chi connectivity index (χ0n) is 11.5. The zero-order valence-corrected chi connectivity index (χ0v) is 11.5. The van der Waals surface area contributed by atoms with Crippen molar-refractivity contribution in [3.63, 3.8) is 0 Å². The van der Waals surface area contributed by atoms with Crippen molar-refractivity contribution in [2.24, 2.45) is 5.92 Å². The smallest absolute Gasteiger partial charge is 0.181 e. The van der Waals surface area contributed by atoms with Crippen LogP contribution in [0.25, 0.3) is 11.4 Å². The molecule has 2 aromatic rings. The average molecular weight is 256 g/mol. The fourth-order valence-electron chi connectivity index (χ4n) is 2.42. The van der Waals surface area contributed by atoms with Gasteiger partial charge in [-0.3, -0.25) is 5.10 Å². The maximum atomic E-state index is 4.37. The minimum Gasteiger partial charge on any atom is -0.383 e. The molecule has 1 heterocycles. The molecular weight excluding hydrogens is 236 g/mol. The molecule has 0 bridgehead atoms. The molecule has 1 aliphatic rings. The van der Waals surface area contributed by atoms with Crippen molar-refractivity contribution in [2.45, 2.75) is 39.2 Å². The van der Waals surface area contributed by atoms with Crippen LogP contribution in [0, 0.1) is 12.8 Å². The van der Waals surface area contributed by atoms with Gasteiger partial charge in [0.1, 0.15) is 5.82 Å². The standard InChI is InChI=1S/C15H20N4/c1-10(8-12-6-7-12)16-14-5-3-4-13(9-14)15-17-11(2)18-19-15/h3-5,9-10,12,16H,6-8H2,1-2H3,(H,17,18,19). The third-order valence-electron chi connectivity index (χ3n) is 3.51. The van der Waals surface area contributed by atoms with Crippen LogP contribution in [-0.4, -0.2) is 21.2 Å². The molecule has 100 valence electrons. The molecule has 1 aromatic carbocycles. The molecule has 0 aliphatic heterocycles. The number of benzene rings is 1. The van der Waals surface area contributed by atoms with Gasteiger partial charge >= 0.3 is 0 Å². The van der Waals surface area contributed by atoms with Crippen molar-refractivity contribution in [2.75, 3.05) is 5.32 Å². The fraction of sp³-hybridized carbons (Fsp3) is 0.467. The van der Waals surface area contributed by atoms with E-state index in [1.54, 1.807) is 0 Å². The van der Waals surface area contributed by atoms with E-state index in [2.05, 4.69) is 39.6 Å². The fourth-order valence-corrected chi connectivity index (χ4v) is 2.42. The second-order valence-electron chi connectivity index (χ2n) is 5.55. The predicted molar refractivity (Wildman–Crippen MR) is 77.0 cm³/mol. The summed E-state index contributed by atoms with van der Waals surface area (Å²) < 4.78 is 0. The van der Waals surface area contributed by atoms with Gasteiger partial charge in [-0.1, -0.05) is 25.0 Å². The number of nitrogens with zero attached hydrogens (tertiary/aromatic N) is 2. The molecule has 1 unspecified atom stereocenters. The molecule has 3 rings (SSSR count). The second kappa shape index (κ2) is 5.03. The van der Waals surface area contributed by atoms with Crippen LogP contribution in [0.15, 0.2) is 24.3 Å². The molecule has 0 saturated heterocycles. The Morgan fingerprint density at radius 2 is 2.26 bits per heavy atom. The van der Waals surface area contributed by atoms with E-state index in [9.17, 15) is 0 Å². The van der Waals surface area contributed by atoms with Gasteiger partial charge in [0.15, 0.2) is 5.82 Å². The molecule has 0 radical (unpaired) electrons. The summed E-state index contributed by atoms with van der Waals surface area (Å²) in [4.78, 5) is 4.37. The van der Waals surface area contributed by atoms with Crippen LogP contribution in [0.5, 0.6) is 0 Å². The molecule has 1 aliphatic carbocycles. The van der Waals surface area contributed by atoms with Crippen molar-refractivity contribution >= 4 is 5.69 Å². The molecule has 1 atom stereocenters. The number of hydrogen-bond donors (Lipinski definition) is 2. The summed E-state index contributed by atoms with van der Waals surface area (Å²) in [5, 5.41) is 10.6.